The van der Waals surface area contributed by atoms with Crippen LogP contribution in [0.15, 0.2) is 140 Å². The number of benzene rings is 5. The van der Waals surface area contributed by atoms with Gasteiger partial charge >= 0.3 is 0 Å². The van der Waals surface area contributed by atoms with E-state index < -0.39 is 0 Å². The largest absolute Gasteiger partial charge is 0.309 e. The van der Waals surface area contributed by atoms with Gasteiger partial charge in [-0.15, -0.1) is 0 Å². The SMILES string of the molecule is C=C/C=c1\c(=C)c2cc3cc4c5ccccc5c5ccccc5n4c3cc2n1-c1cc(-c2cccc(F)c2)cc(-c2cccc(F)c2)n1. The Labute approximate surface area is 274 Å². The van der Waals surface area contributed by atoms with Crippen LogP contribution in [0, 0.1) is 11.6 Å². The monoisotopic (exact) mass is 623 g/mol. The standard InChI is InChI=1S/C43H27F2N3/c1-3-10-38-26(2)36-21-30-23-41-35-17-5-4-15-33(35)34-16-6-7-18-39(34)47(41)40(30)25-42(36)48(38)43-24-29(27-11-8-13-31(44)19-27)22-37(46-43)28-12-9-14-32(45)20-28/h3-25H,1-2H2/b38-10+. The van der Waals surface area contributed by atoms with Gasteiger partial charge in [-0.2, -0.15) is 0 Å². The third kappa shape index (κ3) is 4.21. The minimum absolute atomic E-state index is 0.340. The molecule has 0 bridgehead atoms. The van der Waals surface area contributed by atoms with Crippen molar-refractivity contribution in [3.8, 4) is 28.2 Å². The predicted molar refractivity (Wildman–Crippen MR) is 195 cm³/mol. The molecule has 3 nitrogen and oxygen atoms in total. The van der Waals surface area contributed by atoms with E-state index in [4.69, 9.17) is 4.98 Å². The molecule has 0 spiro atoms. The lowest BCUT2D eigenvalue weighted by Gasteiger charge is -2.13. The van der Waals surface area contributed by atoms with Gasteiger partial charge in [0, 0.05) is 32.3 Å². The van der Waals surface area contributed by atoms with Gasteiger partial charge in [0.25, 0.3) is 0 Å². The predicted octanol–water partition coefficient (Wildman–Crippen LogP) is 9.73. The summed E-state index contributed by atoms with van der Waals surface area (Å²) in [6, 6.07) is 40.3. The summed E-state index contributed by atoms with van der Waals surface area (Å²) in [5.74, 6) is -0.103. The van der Waals surface area contributed by atoms with Gasteiger partial charge in [0.15, 0.2) is 0 Å². The topological polar surface area (TPSA) is 22.2 Å². The van der Waals surface area contributed by atoms with Crippen LogP contribution < -0.4 is 10.6 Å². The Balaban J connectivity index is 1.42. The van der Waals surface area contributed by atoms with Crippen LogP contribution in [0.1, 0.15) is 0 Å². The molecule has 4 heterocycles. The van der Waals surface area contributed by atoms with Crippen molar-refractivity contribution in [3.63, 3.8) is 0 Å². The van der Waals surface area contributed by atoms with E-state index in [9.17, 15) is 8.78 Å². The van der Waals surface area contributed by atoms with Crippen LogP contribution >= 0.6 is 0 Å². The van der Waals surface area contributed by atoms with E-state index in [1.807, 2.05) is 30.3 Å². The summed E-state index contributed by atoms with van der Waals surface area (Å²) in [4.78, 5) is 5.10. The van der Waals surface area contributed by atoms with Crippen LogP contribution in [-0.2, 0) is 0 Å². The maximum atomic E-state index is 14.5. The summed E-state index contributed by atoms with van der Waals surface area (Å²) in [5.41, 5.74) is 6.83. The Morgan fingerprint density at radius 2 is 1.25 bits per heavy atom. The molecule has 0 aliphatic rings. The molecule has 0 fully saturated rings. The fourth-order valence-corrected chi connectivity index (χ4v) is 7.16. The number of fused-ring (bicyclic) bond motifs is 9. The highest BCUT2D eigenvalue weighted by molar-refractivity contribution is 6.16. The van der Waals surface area contributed by atoms with Gasteiger partial charge in [-0.1, -0.05) is 86.0 Å². The zero-order valence-corrected chi connectivity index (χ0v) is 25.8. The maximum absolute atomic E-state index is 14.5. The second-order valence-electron chi connectivity index (χ2n) is 12.1. The number of halogens is 2. The Kier molecular flexibility index (Phi) is 6.17. The molecule has 48 heavy (non-hydrogen) atoms. The molecular formula is C43H27F2N3. The third-order valence-corrected chi connectivity index (χ3v) is 9.27. The Bertz CT molecular complexity index is 2850. The van der Waals surface area contributed by atoms with E-state index in [1.54, 1.807) is 18.2 Å². The number of hydrogen-bond donors (Lipinski definition) is 0. The summed E-state index contributed by atoms with van der Waals surface area (Å²) in [6.45, 7) is 8.52. The van der Waals surface area contributed by atoms with Gasteiger partial charge in [-0.05, 0) is 83.3 Å². The second-order valence-corrected chi connectivity index (χ2v) is 12.1. The molecule has 0 N–H and O–H groups in total. The van der Waals surface area contributed by atoms with Crippen molar-refractivity contribution in [2.24, 2.45) is 0 Å². The highest BCUT2D eigenvalue weighted by atomic mass is 19.1. The maximum Gasteiger partial charge on any atom is 0.138 e. The number of para-hydroxylation sites is 1. The van der Waals surface area contributed by atoms with Gasteiger partial charge in [-0.3, -0.25) is 4.57 Å². The van der Waals surface area contributed by atoms with Crippen molar-refractivity contribution in [3.05, 3.63) is 162 Å². The molecule has 0 aliphatic carbocycles. The van der Waals surface area contributed by atoms with Crippen molar-refractivity contribution < 1.29 is 8.78 Å². The first-order valence-corrected chi connectivity index (χ1v) is 15.7. The number of rotatable bonds is 4. The zero-order chi connectivity index (χ0) is 32.5. The second kappa shape index (κ2) is 10.6. The van der Waals surface area contributed by atoms with E-state index in [0.717, 1.165) is 49.0 Å². The van der Waals surface area contributed by atoms with E-state index in [2.05, 4.69) is 88.9 Å². The lowest BCUT2D eigenvalue weighted by molar-refractivity contribution is 0.628. The normalized spacial score (nSPS) is 12.2. The van der Waals surface area contributed by atoms with Gasteiger partial charge in [0.2, 0.25) is 0 Å². The van der Waals surface area contributed by atoms with Crippen molar-refractivity contribution in [2.75, 3.05) is 0 Å². The first-order chi connectivity index (χ1) is 23.5. The minimum atomic E-state index is -0.360. The minimum Gasteiger partial charge on any atom is -0.309 e. The summed E-state index contributed by atoms with van der Waals surface area (Å²) in [5, 5.41) is 7.30. The van der Waals surface area contributed by atoms with Crippen LogP contribution in [0.2, 0.25) is 0 Å². The quantitative estimate of drug-likeness (QED) is 0.179. The summed E-state index contributed by atoms with van der Waals surface area (Å²) < 4.78 is 33.4. The Hall–Kier alpha value is -6.33. The van der Waals surface area contributed by atoms with E-state index in [-0.39, 0.29) is 11.6 Å². The molecule has 0 atom stereocenters. The molecule has 5 heteroatoms. The number of aromatic nitrogens is 3. The molecule has 4 aromatic heterocycles. The molecule has 5 aromatic carbocycles. The first-order valence-electron chi connectivity index (χ1n) is 15.7. The van der Waals surface area contributed by atoms with Crippen molar-refractivity contribution >= 4 is 61.7 Å². The molecule has 9 aromatic rings. The average Bonchev–Trinajstić information content (AvgIpc) is 3.62. The smallest absolute Gasteiger partial charge is 0.138 e. The fraction of sp³-hybridized carbons (Fsp3) is 0. The highest BCUT2D eigenvalue weighted by Crippen LogP contribution is 2.36. The number of pyridine rings is 2. The fourth-order valence-electron chi connectivity index (χ4n) is 7.16. The lowest BCUT2D eigenvalue weighted by atomic mass is 10.0. The number of hydrogen-bond acceptors (Lipinski definition) is 1. The van der Waals surface area contributed by atoms with E-state index >= 15 is 0 Å². The average molecular weight is 624 g/mol. The third-order valence-electron chi connectivity index (χ3n) is 9.27. The van der Waals surface area contributed by atoms with Crippen LogP contribution in [-0.4, -0.2) is 14.0 Å². The van der Waals surface area contributed by atoms with Gasteiger partial charge in [0.1, 0.15) is 17.5 Å². The molecule has 0 radical (unpaired) electrons. The van der Waals surface area contributed by atoms with Gasteiger partial charge < -0.3 is 4.40 Å². The van der Waals surface area contributed by atoms with E-state index in [0.29, 0.717) is 22.6 Å². The van der Waals surface area contributed by atoms with Gasteiger partial charge in [-0.25, -0.2) is 13.8 Å². The molecule has 0 saturated carbocycles. The Morgan fingerprint density at radius 1 is 0.562 bits per heavy atom. The molecule has 0 saturated heterocycles. The molecule has 0 unspecified atom stereocenters. The lowest BCUT2D eigenvalue weighted by Crippen LogP contribution is -2.27. The first kappa shape index (κ1) is 27.9. The highest BCUT2D eigenvalue weighted by Gasteiger charge is 2.18. The summed E-state index contributed by atoms with van der Waals surface area (Å²) in [7, 11) is 0. The summed E-state index contributed by atoms with van der Waals surface area (Å²) in [6.07, 6.45) is 3.67. The summed E-state index contributed by atoms with van der Waals surface area (Å²) >= 11 is 0. The van der Waals surface area contributed by atoms with Crippen molar-refractivity contribution in [2.45, 2.75) is 0 Å². The van der Waals surface area contributed by atoms with Crippen LogP contribution in [0.5, 0.6) is 0 Å². The molecular weight excluding hydrogens is 596 g/mol. The molecule has 9 rings (SSSR count). The molecule has 0 aliphatic heterocycles. The number of allylic oxidation sites excluding steroid dienone is 1. The Morgan fingerprint density at radius 3 is 2.00 bits per heavy atom. The number of nitrogens with zero attached hydrogens (tertiary/aromatic N) is 3. The van der Waals surface area contributed by atoms with Gasteiger partial charge in [0.05, 0.1) is 33.1 Å². The van der Waals surface area contributed by atoms with Crippen molar-refractivity contribution in [1.29, 1.82) is 0 Å². The molecule has 0 amide bonds. The van der Waals surface area contributed by atoms with Crippen LogP contribution in [0.25, 0.3) is 89.9 Å². The van der Waals surface area contributed by atoms with Crippen LogP contribution in [0.4, 0.5) is 8.78 Å². The van der Waals surface area contributed by atoms with E-state index in [1.165, 1.54) is 40.4 Å². The zero-order valence-electron chi connectivity index (χ0n) is 25.8. The van der Waals surface area contributed by atoms with Crippen LogP contribution in [0.3, 0.4) is 0 Å². The van der Waals surface area contributed by atoms with Crippen molar-refractivity contribution in [1.82, 2.24) is 14.0 Å². The molecule has 228 valence electrons.